The second-order valence-corrected chi connectivity index (χ2v) is 10.2. The Hall–Kier alpha value is -3.50. The molecule has 1 saturated heterocycles. The third-order valence-corrected chi connectivity index (χ3v) is 7.73. The molecule has 0 spiro atoms. The lowest BCUT2D eigenvalue weighted by Gasteiger charge is -2.43. The number of aromatic nitrogens is 4. The van der Waals surface area contributed by atoms with Gasteiger partial charge in [0.1, 0.15) is 12.3 Å². The molecule has 4 heterocycles. The maximum atomic E-state index is 13.9. The predicted octanol–water partition coefficient (Wildman–Crippen LogP) is 2.37. The average Bonchev–Trinajstić information content (AvgIpc) is 3.49. The van der Waals surface area contributed by atoms with E-state index in [9.17, 15) is 9.59 Å². The molecule has 192 valence electrons. The number of halogens is 1. The minimum absolute atomic E-state index is 0.0529. The van der Waals surface area contributed by atoms with Crippen LogP contribution in [0, 0.1) is 0 Å². The minimum atomic E-state index is -0.572. The third-order valence-electron chi connectivity index (χ3n) is 7.48. The predicted molar refractivity (Wildman–Crippen MR) is 133 cm³/mol. The number of fused-ring (bicyclic) bond motifs is 4. The van der Waals surface area contributed by atoms with E-state index in [0.29, 0.717) is 42.7 Å². The number of amides is 2. The fourth-order valence-corrected chi connectivity index (χ4v) is 5.47. The number of hydrogen-bond acceptors (Lipinski definition) is 7. The summed E-state index contributed by atoms with van der Waals surface area (Å²) in [4.78, 5) is 33.3. The Labute approximate surface area is 218 Å². The molecule has 2 atom stereocenters. The van der Waals surface area contributed by atoms with E-state index in [-0.39, 0.29) is 24.1 Å². The van der Waals surface area contributed by atoms with Crippen LogP contribution in [0.4, 0.5) is 0 Å². The van der Waals surface area contributed by atoms with Gasteiger partial charge in [0.05, 0.1) is 36.9 Å². The monoisotopic (exact) mass is 522 g/mol. The first kappa shape index (κ1) is 23.9. The third kappa shape index (κ3) is 4.55. The maximum Gasteiger partial charge on any atom is 0.274 e. The number of nitrogens with zero attached hydrogens (tertiary/aromatic N) is 5. The summed E-state index contributed by atoms with van der Waals surface area (Å²) in [5.41, 5.74) is 1.27. The van der Waals surface area contributed by atoms with Crippen molar-refractivity contribution >= 4 is 23.4 Å². The van der Waals surface area contributed by atoms with Gasteiger partial charge >= 0.3 is 0 Å². The van der Waals surface area contributed by atoms with Crippen molar-refractivity contribution in [2.75, 3.05) is 19.7 Å². The maximum absolute atomic E-state index is 13.9. The number of ether oxygens (including phenoxy) is 2. The average molecular weight is 523 g/mol. The standard InChI is InChI=1S/C26H27ClN6O4/c27-18-6-4-17(5-7-18)26(8-2-9-26)25(35)32-14-20-22(15-32)37-16-19-13-33(31-30-19)11-12-36-21-3-1-10-28-23(21)24(34)29-20/h1,3-7,10,13,20,22H,2,8-9,11-12,14-16H2,(H,29,34)/t20-,22-/m0/s1. The van der Waals surface area contributed by atoms with Gasteiger partial charge in [-0.05, 0) is 42.7 Å². The van der Waals surface area contributed by atoms with E-state index in [2.05, 4.69) is 20.6 Å². The molecule has 3 aromatic rings. The molecule has 0 unspecified atom stereocenters. The number of carbonyl (C=O) groups is 2. The lowest BCUT2D eigenvalue weighted by Crippen LogP contribution is -2.51. The van der Waals surface area contributed by atoms with Gasteiger partial charge in [0.25, 0.3) is 5.91 Å². The second-order valence-electron chi connectivity index (χ2n) is 9.75. The number of rotatable bonds is 2. The zero-order chi connectivity index (χ0) is 25.4. The molecular formula is C26H27ClN6O4. The summed E-state index contributed by atoms with van der Waals surface area (Å²) in [6, 6.07) is 10.5. The van der Waals surface area contributed by atoms with Crippen molar-refractivity contribution in [2.24, 2.45) is 0 Å². The van der Waals surface area contributed by atoms with Gasteiger partial charge < -0.3 is 19.7 Å². The van der Waals surface area contributed by atoms with Crippen LogP contribution in [0.25, 0.3) is 0 Å². The number of nitrogens with one attached hydrogen (secondary N) is 1. The summed E-state index contributed by atoms with van der Waals surface area (Å²) >= 11 is 6.10. The van der Waals surface area contributed by atoms with E-state index in [4.69, 9.17) is 21.1 Å². The van der Waals surface area contributed by atoms with Crippen molar-refractivity contribution in [3.63, 3.8) is 0 Å². The molecule has 11 heteroatoms. The smallest absolute Gasteiger partial charge is 0.274 e. The zero-order valence-corrected chi connectivity index (χ0v) is 20.9. The zero-order valence-electron chi connectivity index (χ0n) is 20.2. The van der Waals surface area contributed by atoms with E-state index in [0.717, 1.165) is 24.8 Å². The molecular weight excluding hydrogens is 496 g/mol. The van der Waals surface area contributed by atoms with E-state index in [1.807, 2.05) is 35.4 Å². The fourth-order valence-electron chi connectivity index (χ4n) is 5.34. The Balaban J connectivity index is 1.28. The summed E-state index contributed by atoms with van der Waals surface area (Å²) in [7, 11) is 0. The highest BCUT2D eigenvalue weighted by Gasteiger charge is 2.50. The van der Waals surface area contributed by atoms with Gasteiger partial charge in [0.2, 0.25) is 5.91 Å². The van der Waals surface area contributed by atoms with Crippen LogP contribution >= 0.6 is 11.6 Å². The summed E-state index contributed by atoms with van der Waals surface area (Å²) in [6.07, 6.45) is 5.50. The number of hydrogen-bond donors (Lipinski definition) is 1. The lowest BCUT2D eigenvalue weighted by molar-refractivity contribution is -0.140. The first-order valence-electron chi connectivity index (χ1n) is 12.5. The molecule has 1 aliphatic carbocycles. The van der Waals surface area contributed by atoms with Crippen LogP contribution in [-0.2, 0) is 28.1 Å². The normalized spacial score (nSPS) is 23.1. The minimum Gasteiger partial charge on any atom is -0.489 e. The number of likely N-dealkylation sites (tertiary alicyclic amines) is 1. The summed E-state index contributed by atoms with van der Waals surface area (Å²) in [5, 5.41) is 12.0. The van der Waals surface area contributed by atoms with Crippen LogP contribution in [0.5, 0.6) is 5.75 Å². The molecule has 2 bridgehead atoms. The van der Waals surface area contributed by atoms with Crippen LogP contribution in [0.1, 0.15) is 41.0 Å². The number of benzene rings is 1. The molecule has 3 aliphatic rings. The van der Waals surface area contributed by atoms with Gasteiger partial charge in [0, 0.05) is 24.3 Å². The molecule has 10 nitrogen and oxygen atoms in total. The molecule has 1 N–H and O–H groups in total. The molecule has 1 saturated carbocycles. The van der Waals surface area contributed by atoms with E-state index in [1.54, 1.807) is 23.0 Å². The van der Waals surface area contributed by atoms with Crippen molar-refractivity contribution in [2.45, 2.75) is 50.0 Å². The highest BCUT2D eigenvalue weighted by molar-refractivity contribution is 6.30. The largest absolute Gasteiger partial charge is 0.489 e. The van der Waals surface area contributed by atoms with Gasteiger partial charge in [-0.2, -0.15) is 0 Å². The number of pyridine rings is 1. The Bertz CT molecular complexity index is 1310. The first-order chi connectivity index (χ1) is 18.0. The van der Waals surface area contributed by atoms with Gasteiger partial charge in [-0.3, -0.25) is 9.59 Å². The van der Waals surface area contributed by atoms with E-state index < -0.39 is 17.6 Å². The Morgan fingerprint density at radius 1 is 1.16 bits per heavy atom. The molecule has 2 fully saturated rings. The molecule has 37 heavy (non-hydrogen) atoms. The molecule has 2 amide bonds. The molecule has 6 rings (SSSR count). The molecule has 2 aromatic heterocycles. The summed E-state index contributed by atoms with van der Waals surface area (Å²) in [5.74, 6) is 0.0718. The van der Waals surface area contributed by atoms with Crippen LogP contribution in [-0.4, -0.2) is 68.5 Å². The topological polar surface area (TPSA) is 111 Å². The SMILES string of the molecule is O=C1N[C@H]2CN(C(=O)C3(c4ccc(Cl)cc4)CCC3)C[C@@H]2OCc2cn(nn2)CCOc2cccnc21. The molecule has 1 aromatic carbocycles. The van der Waals surface area contributed by atoms with E-state index in [1.165, 1.54) is 0 Å². The van der Waals surface area contributed by atoms with Gasteiger partial charge in [-0.1, -0.05) is 35.4 Å². The number of carbonyl (C=O) groups excluding carboxylic acids is 2. The van der Waals surface area contributed by atoms with Crippen LogP contribution in [0.3, 0.4) is 0 Å². The van der Waals surface area contributed by atoms with Crippen molar-refractivity contribution in [1.29, 1.82) is 0 Å². The van der Waals surface area contributed by atoms with Gasteiger partial charge in [0.15, 0.2) is 11.4 Å². The summed E-state index contributed by atoms with van der Waals surface area (Å²) < 4.78 is 13.7. The van der Waals surface area contributed by atoms with E-state index >= 15 is 0 Å². The van der Waals surface area contributed by atoms with Crippen LogP contribution in [0.2, 0.25) is 5.02 Å². The van der Waals surface area contributed by atoms with Crippen molar-refractivity contribution < 1.29 is 19.1 Å². The lowest BCUT2D eigenvalue weighted by atomic mass is 9.63. The van der Waals surface area contributed by atoms with Crippen molar-refractivity contribution in [3.05, 3.63) is 70.8 Å². The second kappa shape index (κ2) is 9.75. The molecule has 2 aliphatic heterocycles. The Kier molecular flexibility index (Phi) is 6.29. The quantitative estimate of drug-likeness (QED) is 0.550. The van der Waals surface area contributed by atoms with Gasteiger partial charge in [-0.15, -0.1) is 5.10 Å². The molecule has 0 radical (unpaired) electrons. The van der Waals surface area contributed by atoms with Gasteiger partial charge in [-0.25, -0.2) is 9.67 Å². The van der Waals surface area contributed by atoms with Crippen LogP contribution < -0.4 is 10.1 Å². The Morgan fingerprint density at radius 3 is 2.78 bits per heavy atom. The fraction of sp³-hybridized carbons (Fsp3) is 0.423. The van der Waals surface area contributed by atoms with Crippen molar-refractivity contribution in [3.8, 4) is 5.75 Å². The highest BCUT2D eigenvalue weighted by Crippen LogP contribution is 2.46. The summed E-state index contributed by atoms with van der Waals surface area (Å²) in [6.45, 7) is 1.68. The van der Waals surface area contributed by atoms with Crippen molar-refractivity contribution in [1.82, 2.24) is 30.2 Å². The first-order valence-corrected chi connectivity index (χ1v) is 12.8. The highest BCUT2D eigenvalue weighted by atomic mass is 35.5. The van der Waals surface area contributed by atoms with Crippen LogP contribution in [0.15, 0.2) is 48.8 Å². The Morgan fingerprint density at radius 2 is 2.00 bits per heavy atom.